The van der Waals surface area contributed by atoms with Crippen LogP contribution in [0.1, 0.15) is 19.0 Å². The molecule has 0 fully saturated rings. The van der Waals surface area contributed by atoms with Crippen LogP contribution < -0.4 is 0 Å². The van der Waals surface area contributed by atoms with E-state index in [4.69, 9.17) is 0 Å². The van der Waals surface area contributed by atoms with Crippen molar-refractivity contribution in [2.45, 2.75) is 19.8 Å². The van der Waals surface area contributed by atoms with Crippen molar-refractivity contribution in [1.29, 1.82) is 0 Å². The molecule has 0 saturated carbocycles. The number of hydrogen-bond donors (Lipinski definition) is 0. The van der Waals surface area contributed by atoms with Gasteiger partial charge in [0.1, 0.15) is 0 Å². The smallest absolute Gasteiger partial charge is 0.233 e. The highest BCUT2D eigenvalue weighted by Gasteiger charge is 2.00. The monoisotopic (exact) mass is 161 g/mol. The van der Waals surface area contributed by atoms with Crippen LogP contribution in [0.3, 0.4) is 0 Å². The number of aromatic nitrogens is 3. The second-order valence-electron chi connectivity index (χ2n) is 2.79. The van der Waals surface area contributed by atoms with Crippen molar-refractivity contribution >= 4 is 5.78 Å². The fourth-order valence-electron chi connectivity index (χ4n) is 1.32. The van der Waals surface area contributed by atoms with Crippen molar-refractivity contribution in [2.75, 3.05) is 0 Å². The summed E-state index contributed by atoms with van der Waals surface area (Å²) in [4.78, 5) is 8.33. The van der Waals surface area contributed by atoms with Crippen molar-refractivity contribution in [2.24, 2.45) is 0 Å². The van der Waals surface area contributed by atoms with E-state index in [1.807, 2.05) is 22.9 Å². The van der Waals surface area contributed by atoms with Gasteiger partial charge in [-0.1, -0.05) is 13.3 Å². The molecule has 0 aromatic carbocycles. The maximum Gasteiger partial charge on any atom is 0.233 e. The van der Waals surface area contributed by atoms with Gasteiger partial charge in [-0.3, -0.25) is 4.40 Å². The number of aryl methyl sites for hydroxylation is 1. The molecule has 0 N–H and O–H groups in total. The van der Waals surface area contributed by atoms with Crippen LogP contribution in [0.5, 0.6) is 0 Å². The predicted molar refractivity (Wildman–Crippen MR) is 47.0 cm³/mol. The van der Waals surface area contributed by atoms with Crippen molar-refractivity contribution in [3.63, 3.8) is 0 Å². The lowest BCUT2D eigenvalue weighted by atomic mass is 10.3. The number of hydrogen-bond acceptors (Lipinski definition) is 2. The van der Waals surface area contributed by atoms with E-state index in [9.17, 15) is 0 Å². The normalized spacial score (nSPS) is 10.8. The molecule has 0 unspecified atom stereocenters. The first kappa shape index (κ1) is 7.28. The third-order valence-electron chi connectivity index (χ3n) is 1.87. The van der Waals surface area contributed by atoms with Crippen LogP contribution in [-0.4, -0.2) is 14.4 Å². The Kier molecular flexibility index (Phi) is 1.78. The van der Waals surface area contributed by atoms with E-state index in [0.29, 0.717) is 0 Å². The van der Waals surface area contributed by atoms with E-state index >= 15 is 0 Å². The Balaban J connectivity index is 2.55. The molecular formula is C9H11N3. The zero-order valence-electron chi connectivity index (χ0n) is 7.07. The molecule has 0 saturated heterocycles. The van der Waals surface area contributed by atoms with Gasteiger partial charge in [0.15, 0.2) is 0 Å². The van der Waals surface area contributed by atoms with E-state index in [1.54, 1.807) is 6.20 Å². The van der Waals surface area contributed by atoms with Gasteiger partial charge in [-0.2, -0.15) is 0 Å². The summed E-state index contributed by atoms with van der Waals surface area (Å²) in [6, 6.07) is 1.92. The van der Waals surface area contributed by atoms with Crippen LogP contribution in [0.2, 0.25) is 0 Å². The summed E-state index contributed by atoms with van der Waals surface area (Å²) < 4.78 is 2.03. The molecule has 0 radical (unpaired) electrons. The van der Waals surface area contributed by atoms with Crippen LogP contribution in [0, 0.1) is 0 Å². The van der Waals surface area contributed by atoms with E-state index in [-0.39, 0.29) is 0 Å². The van der Waals surface area contributed by atoms with Gasteiger partial charge in [-0.15, -0.1) is 0 Å². The summed E-state index contributed by atoms with van der Waals surface area (Å²) in [7, 11) is 0. The molecule has 0 aliphatic rings. The van der Waals surface area contributed by atoms with E-state index in [2.05, 4.69) is 16.9 Å². The Labute approximate surface area is 71.1 Å². The predicted octanol–water partition coefficient (Wildman–Crippen LogP) is 1.68. The fraction of sp³-hybridized carbons (Fsp3) is 0.333. The lowest BCUT2D eigenvalue weighted by Gasteiger charge is -1.96. The van der Waals surface area contributed by atoms with Crippen LogP contribution in [-0.2, 0) is 6.42 Å². The summed E-state index contributed by atoms with van der Waals surface area (Å²) >= 11 is 0. The molecule has 2 rings (SSSR count). The van der Waals surface area contributed by atoms with Crippen molar-refractivity contribution in [3.05, 3.63) is 30.4 Å². The van der Waals surface area contributed by atoms with E-state index in [1.165, 1.54) is 5.69 Å². The molecule has 0 aliphatic carbocycles. The standard InChI is InChI=1S/C9H11N3/c1-2-4-8-7-11-9-10-5-3-6-12(8)9/h3,5-7H,2,4H2,1H3. The summed E-state index contributed by atoms with van der Waals surface area (Å²) in [5.41, 5.74) is 1.24. The zero-order valence-corrected chi connectivity index (χ0v) is 7.07. The highest BCUT2D eigenvalue weighted by molar-refractivity contribution is 5.30. The van der Waals surface area contributed by atoms with Crippen molar-refractivity contribution in [3.8, 4) is 0 Å². The topological polar surface area (TPSA) is 30.2 Å². The Morgan fingerprint density at radius 2 is 2.33 bits per heavy atom. The van der Waals surface area contributed by atoms with E-state index in [0.717, 1.165) is 18.6 Å². The summed E-state index contributed by atoms with van der Waals surface area (Å²) in [6.45, 7) is 2.16. The second kappa shape index (κ2) is 2.93. The number of imidazole rings is 1. The fourth-order valence-corrected chi connectivity index (χ4v) is 1.32. The molecule has 0 aliphatic heterocycles. The molecular weight excluding hydrogens is 150 g/mol. The quantitative estimate of drug-likeness (QED) is 0.670. The second-order valence-corrected chi connectivity index (χ2v) is 2.79. The highest BCUT2D eigenvalue weighted by Crippen LogP contribution is 2.05. The van der Waals surface area contributed by atoms with Gasteiger partial charge >= 0.3 is 0 Å². The summed E-state index contributed by atoms with van der Waals surface area (Å²) in [6.07, 6.45) is 7.86. The van der Waals surface area contributed by atoms with Crippen LogP contribution >= 0.6 is 0 Å². The van der Waals surface area contributed by atoms with E-state index < -0.39 is 0 Å². The third kappa shape index (κ3) is 1.07. The largest absolute Gasteiger partial charge is 0.288 e. The molecule has 0 atom stereocenters. The molecule has 12 heavy (non-hydrogen) atoms. The maximum absolute atomic E-state index is 4.19. The SMILES string of the molecule is CCCc1cnc2ncccn12. The molecule has 0 amide bonds. The van der Waals surface area contributed by atoms with Gasteiger partial charge in [-0.05, 0) is 12.5 Å². The minimum Gasteiger partial charge on any atom is -0.288 e. The lowest BCUT2D eigenvalue weighted by molar-refractivity contribution is 0.863. The van der Waals surface area contributed by atoms with Gasteiger partial charge in [-0.25, -0.2) is 9.97 Å². The molecule has 3 nitrogen and oxygen atoms in total. The van der Waals surface area contributed by atoms with Gasteiger partial charge in [0.05, 0.1) is 6.20 Å². The Morgan fingerprint density at radius 3 is 3.17 bits per heavy atom. The number of rotatable bonds is 2. The Morgan fingerprint density at radius 1 is 1.42 bits per heavy atom. The minimum absolute atomic E-state index is 0.793. The molecule has 62 valence electrons. The lowest BCUT2D eigenvalue weighted by Crippen LogP contribution is -1.92. The first-order valence-corrected chi connectivity index (χ1v) is 4.19. The summed E-state index contributed by atoms with van der Waals surface area (Å²) in [5.74, 6) is 0.793. The van der Waals surface area contributed by atoms with Crippen LogP contribution in [0.4, 0.5) is 0 Å². The zero-order chi connectivity index (χ0) is 8.39. The Hall–Kier alpha value is -1.38. The van der Waals surface area contributed by atoms with Crippen molar-refractivity contribution in [1.82, 2.24) is 14.4 Å². The van der Waals surface area contributed by atoms with Gasteiger partial charge < -0.3 is 0 Å². The molecule has 2 aromatic rings. The molecule has 0 spiro atoms. The Bertz CT molecular complexity index is 378. The average Bonchev–Trinajstić information content (AvgIpc) is 2.50. The highest BCUT2D eigenvalue weighted by atomic mass is 15.1. The van der Waals surface area contributed by atoms with Crippen molar-refractivity contribution < 1.29 is 0 Å². The minimum atomic E-state index is 0.793. The molecule has 2 heterocycles. The van der Waals surface area contributed by atoms with Gasteiger partial charge in [0.25, 0.3) is 0 Å². The summed E-state index contributed by atoms with van der Waals surface area (Å²) in [5, 5.41) is 0. The number of nitrogens with zero attached hydrogens (tertiary/aromatic N) is 3. The third-order valence-corrected chi connectivity index (χ3v) is 1.87. The van der Waals surface area contributed by atoms with Gasteiger partial charge in [0, 0.05) is 18.1 Å². The average molecular weight is 161 g/mol. The molecule has 0 bridgehead atoms. The molecule has 3 heteroatoms. The first-order valence-electron chi connectivity index (χ1n) is 4.19. The van der Waals surface area contributed by atoms with Crippen LogP contribution in [0.25, 0.3) is 5.78 Å². The van der Waals surface area contributed by atoms with Crippen LogP contribution in [0.15, 0.2) is 24.7 Å². The molecule has 2 aromatic heterocycles. The van der Waals surface area contributed by atoms with Gasteiger partial charge in [0.2, 0.25) is 5.78 Å². The number of fused-ring (bicyclic) bond motifs is 1. The first-order chi connectivity index (χ1) is 5.92. The maximum atomic E-state index is 4.19.